The smallest absolute Gasteiger partial charge is 0.0774 e. The van der Waals surface area contributed by atoms with E-state index in [0.717, 1.165) is 11.8 Å². The first kappa shape index (κ1) is 11.1. The second kappa shape index (κ2) is 3.04. The molecule has 2 aliphatic heterocycles. The summed E-state index contributed by atoms with van der Waals surface area (Å²) in [6, 6.07) is 0. The van der Waals surface area contributed by atoms with Crippen molar-refractivity contribution in [3.8, 4) is 0 Å². The quantitative estimate of drug-likeness (QED) is 0.647. The largest absolute Gasteiger partial charge is 0.368 e. The van der Waals surface area contributed by atoms with E-state index in [1.54, 1.807) is 0 Å². The molecule has 0 amide bonds. The lowest BCUT2D eigenvalue weighted by atomic mass is 9.66. The molecule has 1 saturated carbocycles. The van der Waals surface area contributed by atoms with E-state index < -0.39 is 0 Å². The Morgan fingerprint density at radius 1 is 1.00 bits per heavy atom. The Kier molecular flexibility index (Phi) is 2.11. The predicted octanol–water partition coefficient (Wildman–Crippen LogP) is 4.16. The van der Waals surface area contributed by atoms with Crippen LogP contribution in [0.3, 0.4) is 0 Å². The number of hydrogen-bond donors (Lipinski definition) is 0. The van der Waals surface area contributed by atoms with Crippen LogP contribution in [0.5, 0.6) is 0 Å². The molecule has 4 atom stereocenters. The topological polar surface area (TPSA) is 9.23 Å². The van der Waals surface area contributed by atoms with Gasteiger partial charge in [-0.1, -0.05) is 20.8 Å². The van der Waals surface area contributed by atoms with Gasteiger partial charge < -0.3 is 4.74 Å². The maximum Gasteiger partial charge on any atom is 0.0774 e. The minimum atomic E-state index is 0.219. The molecule has 3 aliphatic rings. The molecule has 2 saturated heterocycles. The summed E-state index contributed by atoms with van der Waals surface area (Å²) in [5, 5.41) is 0. The molecule has 2 heterocycles. The molecule has 3 fully saturated rings. The van der Waals surface area contributed by atoms with E-state index >= 15 is 0 Å². The molecule has 0 radical (unpaired) electrons. The van der Waals surface area contributed by atoms with Crippen LogP contribution < -0.4 is 0 Å². The molecular formula is C15H26O. The Hall–Kier alpha value is -0.0400. The highest BCUT2D eigenvalue weighted by molar-refractivity contribution is 5.16. The first-order valence-electron chi connectivity index (χ1n) is 7.11. The van der Waals surface area contributed by atoms with Gasteiger partial charge in [-0.3, -0.25) is 0 Å². The summed E-state index contributed by atoms with van der Waals surface area (Å²) < 4.78 is 6.67. The SMILES string of the molecule is CC(C)[C@H]1CC[C@]2(C)CC[C@]3(C)CC[C@]12O3. The Bertz CT molecular complexity index is 311. The molecule has 16 heavy (non-hydrogen) atoms. The minimum absolute atomic E-state index is 0.219. The third-order valence-electron chi connectivity index (χ3n) is 6.09. The van der Waals surface area contributed by atoms with Gasteiger partial charge in [-0.2, -0.15) is 0 Å². The molecule has 1 spiro atoms. The normalized spacial score (nSPS) is 55.7. The molecule has 0 aromatic rings. The monoisotopic (exact) mass is 222 g/mol. The lowest BCUT2D eigenvalue weighted by Crippen LogP contribution is -2.53. The molecule has 0 unspecified atom stereocenters. The molecule has 0 aromatic carbocycles. The van der Waals surface area contributed by atoms with Crippen LogP contribution in [-0.4, -0.2) is 11.2 Å². The third kappa shape index (κ3) is 1.16. The fourth-order valence-electron chi connectivity index (χ4n) is 4.97. The minimum Gasteiger partial charge on any atom is -0.368 e. The third-order valence-corrected chi connectivity index (χ3v) is 6.09. The number of ether oxygens (including phenoxy) is 1. The van der Waals surface area contributed by atoms with Crippen molar-refractivity contribution in [2.75, 3.05) is 0 Å². The lowest BCUT2D eigenvalue weighted by molar-refractivity contribution is -0.206. The second-order valence-electron chi connectivity index (χ2n) is 7.39. The fourth-order valence-corrected chi connectivity index (χ4v) is 4.97. The standard InChI is InChI=1S/C15H26O/c1-11(2)12-5-6-13(3)7-8-14(4)9-10-15(12,13)16-14/h11-12H,5-10H2,1-4H3/t12-,13-,14-,15+/m1/s1. The maximum absolute atomic E-state index is 6.67. The summed E-state index contributed by atoms with van der Waals surface area (Å²) >= 11 is 0. The van der Waals surface area contributed by atoms with Crippen molar-refractivity contribution in [3.05, 3.63) is 0 Å². The van der Waals surface area contributed by atoms with E-state index in [1.807, 2.05) is 0 Å². The highest BCUT2D eigenvalue weighted by Crippen LogP contribution is 2.67. The molecule has 92 valence electrons. The summed E-state index contributed by atoms with van der Waals surface area (Å²) in [5.74, 6) is 1.59. The summed E-state index contributed by atoms with van der Waals surface area (Å²) in [6.07, 6.45) is 8.09. The van der Waals surface area contributed by atoms with Gasteiger partial charge >= 0.3 is 0 Å². The van der Waals surface area contributed by atoms with Gasteiger partial charge in [0.25, 0.3) is 0 Å². The van der Waals surface area contributed by atoms with Gasteiger partial charge in [0.1, 0.15) is 0 Å². The average molecular weight is 222 g/mol. The Morgan fingerprint density at radius 2 is 1.69 bits per heavy atom. The van der Waals surface area contributed by atoms with E-state index in [0.29, 0.717) is 5.41 Å². The summed E-state index contributed by atoms with van der Waals surface area (Å²) in [6.45, 7) is 9.62. The summed E-state index contributed by atoms with van der Waals surface area (Å²) in [5.41, 5.74) is 0.948. The number of rotatable bonds is 1. The Morgan fingerprint density at radius 3 is 2.38 bits per heavy atom. The van der Waals surface area contributed by atoms with Crippen molar-refractivity contribution >= 4 is 0 Å². The zero-order valence-corrected chi connectivity index (χ0v) is 11.3. The van der Waals surface area contributed by atoms with Crippen LogP contribution in [0.2, 0.25) is 0 Å². The van der Waals surface area contributed by atoms with E-state index in [4.69, 9.17) is 4.74 Å². The van der Waals surface area contributed by atoms with Crippen LogP contribution in [0, 0.1) is 17.3 Å². The first-order chi connectivity index (χ1) is 7.41. The van der Waals surface area contributed by atoms with Crippen LogP contribution in [0.25, 0.3) is 0 Å². The highest BCUT2D eigenvalue weighted by Gasteiger charge is 2.66. The van der Waals surface area contributed by atoms with Crippen LogP contribution in [0.4, 0.5) is 0 Å². The molecule has 0 aromatic heterocycles. The van der Waals surface area contributed by atoms with Gasteiger partial charge in [-0.25, -0.2) is 0 Å². The van der Waals surface area contributed by atoms with Crippen molar-refractivity contribution in [2.45, 2.75) is 77.4 Å². The van der Waals surface area contributed by atoms with E-state index in [-0.39, 0.29) is 11.2 Å². The zero-order chi connectivity index (χ0) is 11.6. The maximum atomic E-state index is 6.67. The fraction of sp³-hybridized carbons (Fsp3) is 1.00. The molecular weight excluding hydrogens is 196 g/mol. The van der Waals surface area contributed by atoms with Gasteiger partial charge in [-0.15, -0.1) is 0 Å². The predicted molar refractivity (Wildman–Crippen MR) is 66.4 cm³/mol. The van der Waals surface area contributed by atoms with Crippen LogP contribution in [0.1, 0.15) is 66.2 Å². The molecule has 3 rings (SSSR count). The van der Waals surface area contributed by atoms with Gasteiger partial charge in [0.2, 0.25) is 0 Å². The average Bonchev–Trinajstić information content (AvgIpc) is 2.66. The zero-order valence-electron chi connectivity index (χ0n) is 11.3. The molecule has 1 aliphatic carbocycles. The summed E-state index contributed by atoms with van der Waals surface area (Å²) in [7, 11) is 0. The molecule has 2 bridgehead atoms. The Balaban J connectivity index is 2.02. The van der Waals surface area contributed by atoms with Crippen LogP contribution >= 0.6 is 0 Å². The van der Waals surface area contributed by atoms with E-state index in [9.17, 15) is 0 Å². The van der Waals surface area contributed by atoms with Gasteiger partial charge in [-0.05, 0) is 62.7 Å². The summed E-state index contributed by atoms with van der Waals surface area (Å²) in [4.78, 5) is 0. The van der Waals surface area contributed by atoms with Gasteiger partial charge in [0.15, 0.2) is 0 Å². The van der Waals surface area contributed by atoms with Crippen LogP contribution in [-0.2, 0) is 4.74 Å². The second-order valence-corrected chi connectivity index (χ2v) is 7.39. The van der Waals surface area contributed by atoms with E-state index in [1.165, 1.54) is 38.5 Å². The van der Waals surface area contributed by atoms with Crippen molar-refractivity contribution < 1.29 is 4.74 Å². The van der Waals surface area contributed by atoms with E-state index in [2.05, 4.69) is 27.7 Å². The lowest BCUT2D eigenvalue weighted by Gasteiger charge is -2.51. The van der Waals surface area contributed by atoms with Crippen molar-refractivity contribution in [1.82, 2.24) is 0 Å². The van der Waals surface area contributed by atoms with Gasteiger partial charge in [0.05, 0.1) is 11.2 Å². The number of fused-ring (bicyclic) bond motifs is 1. The molecule has 1 heteroatoms. The molecule has 0 N–H and O–H groups in total. The Labute approximate surface area is 99.9 Å². The first-order valence-corrected chi connectivity index (χ1v) is 7.11. The highest BCUT2D eigenvalue weighted by atomic mass is 16.5. The molecule has 1 nitrogen and oxygen atoms in total. The van der Waals surface area contributed by atoms with Crippen molar-refractivity contribution in [1.29, 1.82) is 0 Å². The van der Waals surface area contributed by atoms with Gasteiger partial charge in [0, 0.05) is 0 Å². The number of hydrogen-bond acceptors (Lipinski definition) is 1. The van der Waals surface area contributed by atoms with Crippen molar-refractivity contribution in [2.24, 2.45) is 17.3 Å². The van der Waals surface area contributed by atoms with Crippen molar-refractivity contribution in [3.63, 3.8) is 0 Å². The van der Waals surface area contributed by atoms with Crippen LogP contribution in [0.15, 0.2) is 0 Å².